The van der Waals surface area contributed by atoms with Crippen molar-refractivity contribution in [3.05, 3.63) is 12.3 Å². The molecular weight excluding hydrogens is 262 g/mol. The van der Waals surface area contributed by atoms with Crippen molar-refractivity contribution in [1.29, 1.82) is 0 Å². The molecule has 0 atom stereocenters. The monoisotopic (exact) mass is 293 g/mol. The second-order valence-corrected chi connectivity index (χ2v) is 2.86. The zero-order valence-electron chi connectivity index (χ0n) is 12.9. The Balaban J connectivity index is -0.000000119. The van der Waals surface area contributed by atoms with Crippen LogP contribution in [0.5, 0.6) is 0 Å². The molecule has 7 heteroatoms. The fourth-order valence-corrected chi connectivity index (χ4v) is 0.628. The first-order valence-electron chi connectivity index (χ1n) is 6.43. The lowest BCUT2D eigenvalue weighted by Gasteiger charge is -1.97. The van der Waals surface area contributed by atoms with E-state index >= 15 is 0 Å². The number of aldehydes is 1. The van der Waals surface area contributed by atoms with Gasteiger partial charge in [-0.25, -0.2) is 0 Å². The molecule has 0 radical (unpaired) electrons. The van der Waals surface area contributed by atoms with Crippen LogP contribution in [-0.4, -0.2) is 51.7 Å². The Hall–Kier alpha value is -1.44. The highest BCUT2D eigenvalue weighted by Crippen LogP contribution is 1.79. The third kappa shape index (κ3) is 54.7. The number of aliphatic hydroxyl groups is 1. The standard InChI is InChI=1S/C7H11NO3.C4H11N.CH5N.CH4O/c9-4-1-2-5-11-6-3-8-7-10;1-2-3-4-5;2*1-2/h2,4-5,7H,1,3,6H2,(H,8,10);2-5H2,1H3;2H2,1H3;2H,1H3/b5-2+;;;. The normalized spacial score (nSPS) is 7.90. The lowest BCUT2D eigenvalue weighted by Crippen LogP contribution is -2.16. The number of unbranched alkanes of at least 4 members (excludes halogenated alkanes) is 1. The van der Waals surface area contributed by atoms with Gasteiger partial charge in [0.15, 0.2) is 0 Å². The summed E-state index contributed by atoms with van der Waals surface area (Å²) in [6.45, 7) is 3.88. The maximum Gasteiger partial charge on any atom is 0.207 e. The SMILES string of the molecule is CCCCN.CN.CO.O=CC/C=C/OCCNC=O. The van der Waals surface area contributed by atoms with Gasteiger partial charge in [-0.2, -0.15) is 0 Å². The minimum Gasteiger partial charge on any atom is -0.500 e. The van der Waals surface area contributed by atoms with Crippen molar-refractivity contribution in [2.45, 2.75) is 26.2 Å². The minimum absolute atomic E-state index is 0.362. The van der Waals surface area contributed by atoms with E-state index < -0.39 is 0 Å². The van der Waals surface area contributed by atoms with Gasteiger partial charge < -0.3 is 31.4 Å². The van der Waals surface area contributed by atoms with E-state index in [-0.39, 0.29) is 0 Å². The molecule has 0 aromatic heterocycles. The zero-order chi connectivity index (χ0) is 16.5. The largest absolute Gasteiger partial charge is 0.500 e. The lowest BCUT2D eigenvalue weighted by atomic mass is 10.3. The number of allylic oxidation sites excluding steroid dienone is 1. The average molecular weight is 293 g/mol. The molecule has 0 aliphatic rings. The van der Waals surface area contributed by atoms with Gasteiger partial charge in [-0.1, -0.05) is 13.3 Å². The Bertz CT molecular complexity index is 177. The molecule has 7 nitrogen and oxygen atoms in total. The molecule has 0 aromatic carbocycles. The lowest BCUT2D eigenvalue weighted by molar-refractivity contribution is -0.109. The number of amides is 1. The Labute approximate surface area is 122 Å². The van der Waals surface area contributed by atoms with Crippen molar-refractivity contribution in [3.63, 3.8) is 0 Å². The summed E-state index contributed by atoms with van der Waals surface area (Å²) in [5.41, 5.74) is 9.64. The first-order valence-corrected chi connectivity index (χ1v) is 6.43. The molecule has 20 heavy (non-hydrogen) atoms. The van der Waals surface area contributed by atoms with Crippen LogP contribution in [0.15, 0.2) is 12.3 Å². The van der Waals surface area contributed by atoms with E-state index in [1.54, 1.807) is 6.08 Å². The van der Waals surface area contributed by atoms with E-state index in [0.29, 0.717) is 26.0 Å². The van der Waals surface area contributed by atoms with E-state index in [0.717, 1.165) is 19.9 Å². The molecule has 1 amide bonds. The molecule has 0 aromatic rings. The molecule has 0 aliphatic heterocycles. The van der Waals surface area contributed by atoms with Crippen LogP contribution in [0.3, 0.4) is 0 Å². The summed E-state index contributed by atoms with van der Waals surface area (Å²) in [7, 11) is 2.50. The van der Waals surface area contributed by atoms with E-state index in [1.807, 2.05) is 0 Å². The molecule has 0 spiro atoms. The number of hydrogen-bond donors (Lipinski definition) is 4. The third-order valence-electron chi connectivity index (χ3n) is 1.43. The van der Waals surface area contributed by atoms with Crippen LogP contribution < -0.4 is 16.8 Å². The number of ether oxygens (including phenoxy) is 1. The summed E-state index contributed by atoms with van der Waals surface area (Å²) in [6, 6.07) is 0. The predicted octanol–water partition coefficient (Wildman–Crippen LogP) is -0.220. The number of nitrogens with two attached hydrogens (primary N) is 2. The van der Waals surface area contributed by atoms with E-state index in [1.165, 1.54) is 26.2 Å². The summed E-state index contributed by atoms with van der Waals surface area (Å²) in [5, 5.41) is 9.43. The summed E-state index contributed by atoms with van der Waals surface area (Å²) in [4.78, 5) is 19.5. The van der Waals surface area contributed by atoms with Gasteiger partial charge in [0.1, 0.15) is 12.9 Å². The number of nitrogens with one attached hydrogen (secondary N) is 1. The van der Waals surface area contributed by atoms with E-state index in [9.17, 15) is 9.59 Å². The molecule has 0 saturated heterocycles. The number of rotatable bonds is 9. The Morgan fingerprint density at radius 3 is 2.20 bits per heavy atom. The maximum atomic E-state index is 9.77. The number of aliphatic hydroxyl groups excluding tert-OH is 1. The van der Waals surface area contributed by atoms with Crippen molar-refractivity contribution < 1.29 is 19.4 Å². The molecule has 6 N–H and O–H groups in total. The minimum atomic E-state index is 0.362. The van der Waals surface area contributed by atoms with Gasteiger partial charge in [0, 0.05) is 13.5 Å². The highest BCUT2D eigenvalue weighted by atomic mass is 16.5. The summed E-state index contributed by atoms with van der Waals surface area (Å²) in [5.74, 6) is 0. The fourth-order valence-electron chi connectivity index (χ4n) is 0.628. The molecule has 122 valence electrons. The van der Waals surface area contributed by atoms with E-state index in [2.05, 4.69) is 18.0 Å². The molecule has 0 fully saturated rings. The van der Waals surface area contributed by atoms with Gasteiger partial charge >= 0.3 is 0 Å². The van der Waals surface area contributed by atoms with Gasteiger partial charge in [0.2, 0.25) is 6.41 Å². The summed E-state index contributed by atoms with van der Waals surface area (Å²) < 4.78 is 4.88. The summed E-state index contributed by atoms with van der Waals surface area (Å²) >= 11 is 0. The highest BCUT2D eigenvalue weighted by Gasteiger charge is 1.80. The molecule has 0 rings (SSSR count). The predicted molar refractivity (Wildman–Crippen MR) is 82.1 cm³/mol. The van der Waals surface area contributed by atoms with Gasteiger partial charge in [-0.3, -0.25) is 4.79 Å². The van der Waals surface area contributed by atoms with Crippen LogP contribution in [0.1, 0.15) is 26.2 Å². The zero-order valence-corrected chi connectivity index (χ0v) is 12.9. The van der Waals surface area contributed by atoms with E-state index in [4.69, 9.17) is 15.6 Å². The van der Waals surface area contributed by atoms with Crippen LogP contribution in [0.4, 0.5) is 0 Å². The highest BCUT2D eigenvalue weighted by molar-refractivity contribution is 5.51. The summed E-state index contributed by atoms with van der Waals surface area (Å²) in [6.07, 6.45) is 7.19. The fraction of sp³-hybridized carbons (Fsp3) is 0.692. The molecule has 0 heterocycles. The second-order valence-electron chi connectivity index (χ2n) is 2.86. The molecule has 0 bridgehead atoms. The number of carbonyl (C=O) groups is 2. The smallest absolute Gasteiger partial charge is 0.207 e. The average Bonchev–Trinajstić information content (AvgIpc) is 2.52. The topological polar surface area (TPSA) is 128 Å². The second kappa shape index (κ2) is 43.2. The molecular formula is C13H31N3O4. The molecule has 0 unspecified atom stereocenters. The quantitative estimate of drug-likeness (QED) is 0.264. The molecule has 0 aliphatic carbocycles. The van der Waals surface area contributed by atoms with Crippen LogP contribution in [0.2, 0.25) is 0 Å². The Morgan fingerprint density at radius 1 is 1.25 bits per heavy atom. The first-order chi connectivity index (χ1) is 9.83. The van der Waals surface area contributed by atoms with Crippen molar-refractivity contribution >= 4 is 12.7 Å². The van der Waals surface area contributed by atoms with Crippen molar-refractivity contribution in [3.8, 4) is 0 Å². The molecule has 0 saturated carbocycles. The maximum absolute atomic E-state index is 9.77. The number of hydrogen-bond acceptors (Lipinski definition) is 6. The van der Waals surface area contributed by atoms with Crippen LogP contribution in [0.25, 0.3) is 0 Å². The van der Waals surface area contributed by atoms with Gasteiger partial charge in [0.25, 0.3) is 0 Å². The van der Waals surface area contributed by atoms with Crippen molar-refractivity contribution in [2.75, 3.05) is 33.9 Å². The number of carbonyl (C=O) groups excluding carboxylic acids is 2. The Morgan fingerprint density at radius 2 is 1.85 bits per heavy atom. The van der Waals surface area contributed by atoms with Crippen molar-refractivity contribution in [1.82, 2.24) is 5.32 Å². The van der Waals surface area contributed by atoms with Gasteiger partial charge in [-0.05, 0) is 26.1 Å². The third-order valence-corrected chi connectivity index (χ3v) is 1.43. The van der Waals surface area contributed by atoms with Gasteiger partial charge in [-0.15, -0.1) is 0 Å². The Kier molecular flexibility index (Phi) is 58.3. The van der Waals surface area contributed by atoms with Crippen LogP contribution >= 0.6 is 0 Å². The first kappa shape index (κ1) is 27.0. The van der Waals surface area contributed by atoms with Gasteiger partial charge in [0.05, 0.1) is 12.8 Å². The van der Waals surface area contributed by atoms with Crippen LogP contribution in [-0.2, 0) is 14.3 Å². The van der Waals surface area contributed by atoms with Crippen LogP contribution in [0, 0.1) is 0 Å². The van der Waals surface area contributed by atoms with Crippen molar-refractivity contribution in [2.24, 2.45) is 11.5 Å².